The van der Waals surface area contributed by atoms with Crippen LogP contribution >= 0.6 is 0 Å². The van der Waals surface area contributed by atoms with Gasteiger partial charge in [0.15, 0.2) is 11.6 Å². The van der Waals surface area contributed by atoms with Crippen molar-refractivity contribution in [1.82, 2.24) is 20.1 Å². The van der Waals surface area contributed by atoms with Crippen LogP contribution in [0.15, 0.2) is 12.1 Å². The van der Waals surface area contributed by atoms with Gasteiger partial charge in [0.2, 0.25) is 0 Å². The lowest BCUT2D eigenvalue weighted by atomic mass is 9.98. The lowest BCUT2D eigenvalue weighted by Crippen LogP contribution is -2.36. The van der Waals surface area contributed by atoms with E-state index in [2.05, 4.69) is 66.8 Å². The minimum atomic E-state index is 0.297. The molecule has 1 aromatic carbocycles. The molecule has 4 nitrogen and oxygen atoms in total. The fourth-order valence-corrected chi connectivity index (χ4v) is 3.44. The van der Waals surface area contributed by atoms with Crippen molar-refractivity contribution in [3.8, 4) is 11.4 Å². The highest BCUT2D eigenvalue weighted by Crippen LogP contribution is 2.31. The number of fused-ring (bicyclic) bond motifs is 1. The van der Waals surface area contributed by atoms with Gasteiger partial charge in [-0.3, -0.25) is 0 Å². The summed E-state index contributed by atoms with van der Waals surface area (Å²) < 4.78 is 2.30. The average Bonchev–Trinajstić information content (AvgIpc) is 2.81. The first-order valence-corrected chi connectivity index (χ1v) is 7.73. The Bertz CT molecular complexity index is 646. The van der Waals surface area contributed by atoms with E-state index in [0.29, 0.717) is 12.0 Å². The van der Waals surface area contributed by atoms with Crippen LogP contribution in [0.3, 0.4) is 0 Å². The predicted molar refractivity (Wildman–Crippen MR) is 85.3 cm³/mol. The van der Waals surface area contributed by atoms with Crippen molar-refractivity contribution in [3.05, 3.63) is 34.6 Å². The summed E-state index contributed by atoms with van der Waals surface area (Å²) in [4.78, 5) is 0. The van der Waals surface area contributed by atoms with Crippen molar-refractivity contribution in [2.24, 2.45) is 5.92 Å². The molecule has 112 valence electrons. The maximum atomic E-state index is 4.52. The van der Waals surface area contributed by atoms with Gasteiger partial charge in [-0.15, -0.1) is 10.2 Å². The van der Waals surface area contributed by atoms with Gasteiger partial charge >= 0.3 is 0 Å². The summed E-state index contributed by atoms with van der Waals surface area (Å²) >= 11 is 0. The Morgan fingerprint density at radius 2 is 1.81 bits per heavy atom. The van der Waals surface area contributed by atoms with E-state index in [4.69, 9.17) is 0 Å². The third-order valence-electron chi connectivity index (χ3n) is 4.32. The zero-order valence-corrected chi connectivity index (χ0v) is 13.6. The van der Waals surface area contributed by atoms with Gasteiger partial charge in [-0.05, 0) is 37.8 Å². The molecule has 0 radical (unpaired) electrons. The van der Waals surface area contributed by atoms with Crippen LogP contribution in [0.4, 0.5) is 0 Å². The van der Waals surface area contributed by atoms with Crippen LogP contribution in [0.25, 0.3) is 11.4 Å². The highest BCUT2D eigenvalue weighted by atomic mass is 15.3. The van der Waals surface area contributed by atoms with E-state index in [1.54, 1.807) is 0 Å². The highest BCUT2D eigenvalue weighted by Gasteiger charge is 2.28. The van der Waals surface area contributed by atoms with Crippen LogP contribution in [-0.2, 0) is 6.54 Å². The molecule has 2 aromatic rings. The Morgan fingerprint density at radius 1 is 1.14 bits per heavy atom. The average molecular weight is 284 g/mol. The molecular formula is C17H24N4. The van der Waals surface area contributed by atoms with Gasteiger partial charge in [0.05, 0.1) is 6.04 Å². The van der Waals surface area contributed by atoms with Crippen molar-refractivity contribution in [2.45, 2.75) is 47.2 Å². The number of aryl methyl sites for hydroxylation is 3. The molecule has 1 aromatic heterocycles. The van der Waals surface area contributed by atoms with Gasteiger partial charge in [0, 0.05) is 18.7 Å². The minimum absolute atomic E-state index is 0.297. The first kappa shape index (κ1) is 14.3. The van der Waals surface area contributed by atoms with Gasteiger partial charge in [0.1, 0.15) is 0 Å². The lowest BCUT2D eigenvalue weighted by molar-refractivity contribution is 0.339. The molecule has 0 bridgehead atoms. The van der Waals surface area contributed by atoms with Gasteiger partial charge in [-0.25, -0.2) is 0 Å². The van der Waals surface area contributed by atoms with Crippen molar-refractivity contribution in [2.75, 3.05) is 6.54 Å². The number of nitrogens with zero attached hydrogens (tertiary/aromatic N) is 3. The molecule has 0 saturated carbocycles. The molecule has 2 heterocycles. The van der Waals surface area contributed by atoms with Crippen molar-refractivity contribution >= 4 is 0 Å². The fraction of sp³-hybridized carbons (Fsp3) is 0.529. The molecule has 0 fully saturated rings. The molecule has 3 rings (SSSR count). The zero-order valence-electron chi connectivity index (χ0n) is 13.6. The van der Waals surface area contributed by atoms with E-state index in [1.165, 1.54) is 22.3 Å². The molecule has 1 aliphatic rings. The second-order valence-electron chi connectivity index (χ2n) is 6.48. The second kappa shape index (κ2) is 5.26. The Hall–Kier alpha value is -1.68. The molecule has 0 saturated heterocycles. The number of nitrogens with one attached hydrogen (secondary N) is 1. The Labute approximate surface area is 126 Å². The summed E-state index contributed by atoms with van der Waals surface area (Å²) in [6.07, 6.45) is 0. The van der Waals surface area contributed by atoms with Crippen molar-refractivity contribution < 1.29 is 0 Å². The molecule has 21 heavy (non-hydrogen) atoms. The molecule has 0 spiro atoms. The normalized spacial score (nSPS) is 18.1. The summed E-state index contributed by atoms with van der Waals surface area (Å²) in [5.74, 6) is 2.61. The monoisotopic (exact) mass is 284 g/mol. The van der Waals surface area contributed by atoms with Crippen molar-refractivity contribution in [3.63, 3.8) is 0 Å². The molecular weight excluding hydrogens is 260 g/mol. The van der Waals surface area contributed by atoms with E-state index in [1.807, 2.05) is 0 Å². The van der Waals surface area contributed by atoms with Gasteiger partial charge in [-0.2, -0.15) is 0 Å². The van der Waals surface area contributed by atoms with Gasteiger partial charge in [0.25, 0.3) is 0 Å². The number of aromatic nitrogens is 3. The third kappa shape index (κ3) is 2.38. The summed E-state index contributed by atoms with van der Waals surface area (Å²) in [6.45, 7) is 12.8. The third-order valence-corrected chi connectivity index (χ3v) is 4.32. The number of hydrogen-bond acceptors (Lipinski definition) is 3. The topological polar surface area (TPSA) is 42.7 Å². The molecule has 1 aliphatic heterocycles. The van der Waals surface area contributed by atoms with Gasteiger partial charge < -0.3 is 9.88 Å². The second-order valence-corrected chi connectivity index (χ2v) is 6.48. The van der Waals surface area contributed by atoms with E-state index in [0.717, 1.165) is 24.7 Å². The molecule has 1 N–H and O–H groups in total. The molecule has 1 atom stereocenters. The number of rotatable bonds is 2. The maximum Gasteiger partial charge on any atom is 0.164 e. The van der Waals surface area contributed by atoms with Crippen LogP contribution in [-0.4, -0.2) is 21.3 Å². The molecule has 0 amide bonds. The Kier molecular flexibility index (Phi) is 3.57. The van der Waals surface area contributed by atoms with Crippen molar-refractivity contribution in [1.29, 1.82) is 0 Å². The molecule has 4 heteroatoms. The number of benzene rings is 1. The Morgan fingerprint density at radius 3 is 2.43 bits per heavy atom. The van der Waals surface area contributed by atoms with Crippen LogP contribution in [0.2, 0.25) is 0 Å². The lowest BCUT2D eigenvalue weighted by Gasteiger charge is -2.28. The van der Waals surface area contributed by atoms with Gasteiger partial charge in [-0.1, -0.05) is 31.5 Å². The maximum absolute atomic E-state index is 4.52. The SMILES string of the molecule is Cc1cc(C)c(-c2nnc3n2CCNC3C(C)C)c(C)c1. The smallest absolute Gasteiger partial charge is 0.164 e. The first-order valence-electron chi connectivity index (χ1n) is 7.73. The Balaban J connectivity index is 2.14. The summed E-state index contributed by atoms with van der Waals surface area (Å²) in [6, 6.07) is 4.75. The van der Waals surface area contributed by atoms with E-state index < -0.39 is 0 Å². The van der Waals surface area contributed by atoms with Crippen LogP contribution in [0.5, 0.6) is 0 Å². The predicted octanol–water partition coefficient (Wildman–Crippen LogP) is 3.17. The van der Waals surface area contributed by atoms with Crippen LogP contribution < -0.4 is 5.32 Å². The minimum Gasteiger partial charge on any atom is -0.308 e. The summed E-state index contributed by atoms with van der Waals surface area (Å²) in [5, 5.41) is 12.6. The van der Waals surface area contributed by atoms with Crippen LogP contribution in [0.1, 0.15) is 42.4 Å². The van der Waals surface area contributed by atoms with E-state index >= 15 is 0 Å². The van der Waals surface area contributed by atoms with E-state index in [-0.39, 0.29) is 0 Å². The fourth-order valence-electron chi connectivity index (χ4n) is 3.44. The quantitative estimate of drug-likeness (QED) is 0.921. The largest absolute Gasteiger partial charge is 0.308 e. The molecule has 1 unspecified atom stereocenters. The zero-order chi connectivity index (χ0) is 15.1. The highest BCUT2D eigenvalue weighted by molar-refractivity contribution is 5.65. The van der Waals surface area contributed by atoms with E-state index in [9.17, 15) is 0 Å². The number of hydrogen-bond donors (Lipinski definition) is 1. The first-order chi connectivity index (χ1) is 9.99. The van der Waals surface area contributed by atoms with Crippen LogP contribution in [0, 0.1) is 26.7 Å². The summed E-state index contributed by atoms with van der Waals surface area (Å²) in [7, 11) is 0. The summed E-state index contributed by atoms with van der Waals surface area (Å²) in [5.41, 5.74) is 5.10. The standard InChI is InChI=1S/C17H24N4/c1-10(2)15-17-20-19-16(21(17)7-6-18-15)14-12(4)8-11(3)9-13(14)5/h8-10,15,18H,6-7H2,1-5H3. The molecule has 0 aliphatic carbocycles.